The molecule has 2 nitrogen and oxygen atoms in total. The van der Waals surface area contributed by atoms with Crippen molar-refractivity contribution in [3.05, 3.63) is 70.6 Å². The van der Waals surface area contributed by atoms with Crippen molar-refractivity contribution in [2.75, 3.05) is 0 Å². The van der Waals surface area contributed by atoms with Crippen molar-refractivity contribution < 1.29 is 23.5 Å². The minimum absolute atomic E-state index is 0.387. The zero-order valence-corrected chi connectivity index (χ0v) is 7.82. The SMILES string of the molecule is [2H]c1c([2H])c([2H])c2c(c1[2H])C1([2H])OOC2([2H])c2c([2H])c([2H])c([2H])c([2H])c21. The van der Waals surface area contributed by atoms with Crippen molar-refractivity contribution in [2.45, 2.75) is 12.2 Å². The van der Waals surface area contributed by atoms with E-state index < -0.39 is 60.5 Å². The normalized spacial score (nSPS) is 43.0. The van der Waals surface area contributed by atoms with Gasteiger partial charge in [-0.1, -0.05) is 48.3 Å². The molecule has 2 aromatic rings. The van der Waals surface area contributed by atoms with Crippen LogP contribution < -0.4 is 0 Å². The molecule has 2 heteroatoms. The molecule has 1 aliphatic carbocycles. The van der Waals surface area contributed by atoms with Crippen LogP contribution in [0.25, 0.3) is 0 Å². The molecular weight excluding hydrogens is 200 g/mol. The second-order valence-electron chi connectivity index (χ2n) is 3.32. The predicted molar refractivity (Wildman–Crippen MR) is 58.7 cm³/mol. The van der Waals surface area contributed by atoms with Crippen LogP contribution in [0.2, 0.25) is 0 Å². The van der Waals surface area contributed by atoms with E-state index in [1.54, 1.807) is 0 Å². The van der Waals surface area contributed by atoms with E-state index in [4.69, 9.17) is 23.5 Å². The lowest BCUT2D eigenvalue weighted by atomic mass is 9.81. The molecule has 78 valence electrons. The number of rotatable bonds is 0. The molecular formula is C14H10O2. The number of hydrogen-bond acceptors (Lipinski definition) is 2. The molecule has 0 atom stereocenters. The summed E-state index contributed by atoms with van der Waals surface area (Å²) < 4.78 is 81.0. The smallest absolute Gasteiger partial charge is 0.144 e. The Labute approximate surface area is 107 Å². The van der Waals surface area contributed by atoms with Gasteiger partial charge in [0.15, 0.2) is 0 Å². The van der Waals surface area contributed by atoms with Crippen molar-refractivity contribution in [3.8, 4) is 0 Å². The van der Waals surface area contributed by atoms with Crippen LogP contribution in [0.3, 0.4) is 0 Å². The molecule has 5 rings (SSSR count). The second-order valence-corrected chi connectivity index (χ2v) is 3.32. The van der Waals surface area contributed by atoms with Gasteiger partial charge in [0.1, 0.15) is 12.2 Å². The van der Waals surface area contributed by atoms with Gasteiger partial charge in [-0.3, -0.25) is 0 Å². The Bertz CT molecular complexity index is 867. The van der Waals surface area contributed by atoms with Crippen LogP contribution >= 0.6 is 0 Å². The minimum Gasteiger partial charge on any atom is -0.223 e. The maximum absolute atomic E-state index is 8.64. The number of benzene rings is 2. The van der Waals surface area contributed by atoms with Crippen LogP contribution in [-0.4, -0.2) is 0 Å². The first-order valence-corrected chi connectivity index (χ1v) is 4.57. The van der Waals surface area contributed by atoms with Gasteiger partial charge in [0.2, 0.25) is 0 Å². The molecule has 0 fully saturated rings. The maximum atomic E-state index is 8.64. The molecule has 2 aliphatic heterocycles. The summed E-state index contributed by atoms with van der Waals surface area (Å²) in [5, 5.41) is 0. The van der Waals surface area contributed by atoms with Gasteiger partial charge in [0.05, 0.1) is 13.7 Å². The third-order valence-corrected chi connectivity index (χ3v) is 2.49. The number of fused-ring (bicyclic) bond motifs is 1. The third-order valence-electron chi connectivity index (χ3n) is 2.49. The van der Waals surface area contributed by atoms with E-state index in [1.807, 2.05) is 0 Å². The standard InChI is InChI=1S/C14H10O2/c1-2-6-10-9(5-1)13-11-7-3-4-8-12(11)14(10)16-15-13/h1-8,13-14H/i1D,2D,3D,4D,5D,6D,7D,8D,13D,14D. The molecule has 0 aromatic heterocycles. The molecule has 0 N–H and O–H groups in total. The highest BCUT2D eigenvalue weighted by atomic mass is 17.2. The van der Waals surface area contributed by atoms with Crippen molar-refractivity contribution in [2.24, 2.45) is 0 Å². The minimum atomic E-state index is -2.46. The molecule has 2 heterocycles. The van der Waals surface area contributed by atoms with Crippen molar-refractivity contribution in [3.63, 3.8) is 0 Å². The van der Waals surface area contributed by atoms with Gasteiger partial charge in [0.25, 0.3) is 0 Å². The van der Waals surface area contributed by atoms with Crippen molar-refractivity contribution in [1.82, 2.24) is 0 Å². The molecule has 0 saturated carbocycles. The van der Waals surface area contributed by atoms with E-state index in [-0.39, 0.29) is 22.3 Å². The molecule has 2 bridgehead atoms. The molecule has 0 radical (unpaired) electrons. The Morgan fingerprint density at radius 2 is 1.06 bits per heavy atom. The fourth-order valence-electron chi connectivity index (χ4n) is 1.81. The van der Waals surface area contributed by atoms with E-state index in [0.29, 0.717) is 0 Å². The molecule has 16 heavy (non-hydrogen) atoms. The van der Waals surface area contributed by atoms with Crippen molar-refractivity contribution >= 4 is 0 Å². The van der Waals surface area contributed by atoms with Crippen LogP contribution in [0.5, 0.6) is 0 Å². The van der Waals surface area contributed by atoms with Crippen LogP contribution in [0.15, 0.2) is 48.3 Å². The molecule has 2 aromatic carbocycles. The lowest BCUT2D eigenvalue weighted by Gasteiger charge is -2.38. The number of hydrogen-bond donors (Lipinski definition) is 0. The van der Waals surface area contributed by atoms with Gasteiger partial charge in [-0.25, -0.2) is 9.78 Å². The fourth-order valence-corrected chi connectivity index (χ4v) is 1.81. The summed E-state index contributed by atoms with van der Waals surface area (Å²) in [6.07, 6.45) is -4.92. The average Bonchev–Trinajstić information content (AvgIpc) is 2.60. The molecule has 0 spiro atoms. The monoisotopic (exact) mass is 220 g/mol. The summed E-state index contributed by atoms with van der Waals surface area (Å²) in [7, 11) is 0. The maximum Gasteiger partial charge on any atom is 0.144 e. The van der Waals surface area contributed by atoms with Crippen LogP contribution in [0.4, 0.5) is 0 Å². The van der Waals surface area contributed by atoms with Crippen LogP contribution in [0, 0.1) is 0 Å². The van der Waals surface area contributed by atoms with Gasteiger partial charge in [0, 0.05) is 0 Å². The molecule has 0 amide bonds. The first kappa shape index (κ1) is 3.42. The zero-order valence-electron chi connectivity index (χ0n) is 17.8. The Morgan fingerprint density at radius 1 is 0.750 bits per heavy atom. The van der Waals surface area contributed by atoms with E-state index in [1.165, 1.54) is 0 Å². The van der Waals surface area contributed by atoms with Gasteiger partial charge >= 0.3 is 0 Å². The topological polar surface area (TPSA) is 18.5 Å². The average molecular weight is 220 g/mol. The lowest BCUT2D eigenvalue weighted by molar-refractivity contribution is -0.360. The summed E-state index contributed by atoms with van der Waals surface area (Å²) in [4.78, 5) is 9.93. The van der Waals surface area contributed by atoms with E-state index in [2.05, 4.69) is 0 Å². The second kappa shape index (κ2) is 2.94. The van der Waals surface area contributed by atoms with Gasteiger partial charge < -0.3 is 0 Å². The Kier molecular flexibility index (Phi) is 0.629. The third kappa shape index (κ3) is 0.932. The molecule has 3 aliphatic rings. The quantitative estimate of drug-likeness (QED) is 0.635. The fraction of sp³-hybridized carbons (Fsp3) is 0.143. The molecule has 0 saturated heterocycles. The summed E-state index contributed by atoms with van der Waals surface area (Å²) in [5.74, 6) is 0. The zero-order chi connectivity index (χ0) is 19.3. The first-order valence-electron chi connectivity index (χ1n) is 9.57. The Morgan fingerprint density at radius 3 is 1.38 bits per heavy atom. The first-order chi connectivity index (χ1) is 12.0. The van der Waals surface area contributed by atoms with Crippen LogP contribution in [-0.2, 0) is 9.78 Å². The molecule has 0 unspecified atom stereocenters. The highest BCUT2D eigenvalue weighted by Crippen LogP contribution is 2.49. The lowest BCUT2D eigenvalue weighted by Crippen LogP contribution is -2.28. The Hall–Kier alpha value is -1.64. The summed E-state index contributed by atoms with van der Waals surface area (Å²) in [6, 6.07) is -5.01. The predicted octanol–water partition coefficient (Wildman–Crippen LogP) is 3.14. The van der Waals surface area contributed by atoms with E-state index >= 15 is 0 Å². The summed E-state index contributed by atoms with van der Waals surface area (Å²) in [5.41, 5.74) is -1.55. The summed E-state index contributed by atoms with van der Waals surface area (Å²) >= 11 is 0. The van der Waals surface area contributed by atoms with Gasteiger partial charge in [-0.15, -0.1) is 0 Å². The van der Waals surface area contributed by atoms with E-state index in [9.17, 15) is 0 Å². The van der Waals surface area contributed by atoms with Gasteiger partial charge in [-0.2, -0.15) is 0 Å². The highest BCUT2D eigenvalue weighted by molar-refractivity contribution is 5.50. The Balaban J connectivity index is 2.28. The highest BCUT2D eigenvalue weighted by Gasteiger charge is 2.39. The van der Waals surface area contributed by atoms with Crippen molar-refractivity contribution in [1.29, 1.82) is 0 Å². The van der Waals surface area contributed by atoms with E-state index in [0.717, 1.165) is 0 Å². The van der Waals surface area contributed by atoms with Gasteiger partial charge in [-0.05, 0) is 22.3 Å². The van der Waals surface area contributed by atoms with Crippen LogP contribution in [0.1, 0.15) is 48.1 Å². The largest absolute Gasteiger partial charge is 0.223 e. The summed E-state index contributed by atoms with van der Waals surface area (Å²) in [6.45, 7) is 0.